The first kappa shape index (κ1) is 24.5. The average molecular weight is 458 g/mol. The zero-order valence-corrected chi connectivity index (χ0v) is 20.2. The van der Waals surface area contributed by atoms with Crippen LogP contribution < -0.4 is 15.4 Å². The second kappa shape index (κ2) is 10.7. The van der Waals surface area contributed by atoms with Crippen LogP contribution in [0.4, 0.5) is 10.6 Å². The summed E-state index contributed by atoms with van der Waals surface area (Å²) >= 11 is 0. The van der Waals surface area contributed by atoms with Crippen LogP contribution in [0, 0.1) is 0 Å². The second-order valence-electron chi connectivity index (χ2n) is 9.43. The molecule has 0 aromatic carbocycles. The number of rotatable bonds is 8. The molecular weight excluding hydrogens is 422 g/mol. The van der Waals surface area contributed by atoms with Crippen LogP contribution in [0.1, 0.15) is 70.6 Å². The molecule has 2 N–H and O–H groups in total. The molecule has 0 spiro atoms. The van der Waals surface area contributed by atoms with Crippen molar-refractivity contribution in [2.75, 3.05) is 19.0 Å². The molecule has 2 atom stereocenters. The molecule has 0 unspecified atom stereocenters. The molecule has 9 heteroatoms. The molecule has 3 rings (SSSR count). The van der Waals surface area contributed by atoms with E-state index in [0.717, 1.165) is 36.9 Å². The number of aromatic nitrogens is 3. The van der Waals surface area contributed by atoms with Gasteiger partial charge < -0.3 is 20.1 Å². The Bertz CT molecular complexity index is 966. The molecule has 2 amide bonds. The van der Waals surface area contributed by atoms with E-state index in [2.05, 4.69) is 15.6 Å². The van der Waals surface area contributed by atoms with Crippen molar-refractivity contribution < 1.29 is 19.1 Å². The number of methoxy groups -OCH3 is 1. The van der Waals surface area contributed by atoms with Gasteiger partial charge >= 0.3 is 6.09 Å². The zero-order chi connectivity index (χ0) is 24.0. The van der Waals surface area contributed by atoms with Crippen molar-refractivity contribution in [2.45, 2.75) is 77.4 Å². The minimum absolute atomic E-state index is 0.119. The van der Waals surface area contributed by atoms with E-state index in [1.807, 2.05) is 38.4 Å². The van der Waals surface area contributed by atoms with Crippen molar-refractivity contribution in [2.24, 2.45) is 0 Å². The average Bonchev–Trinajstić information content (AvgIpc) is 3.39. The first-order valence-corrected chi connectivity index (χ1v) is 11.5. The lowest BCUT2D eigenvalue weighted by Crippen LogP contribution is -2.28. The first-order valence-electron chi connectivity index (χ1n) is 11.5. The van der Waals surface area contributed by atoms with Crippen LogP contribution in [0.5, 0.6) is 5.88 Å². The summed E-state index contributed by atoms with van der Waals surface area (Å²) in [5.74, 6) is 1.18. The van der Waals surface area contributed by atoms with Gasteiger partial charge in [-0.2, -0.15) is 5.10 Å². The topological polar surface area (TPSA) is 107 Å². The van der Waals surface area contributed by atoms with Gasteiger partial charge in [0.05, 0.1) is 24.8 Å². The van der Waals surface area contributed by atoms with Gasteiger partial charge in [-0.1, -0.05) is 6.92 Å². The minimum Gasteiger partial charge on any atom is -0.481 e. The van der Waals surface area contributed by atoms with Crippen LogP contribution in [0.3, 0.4) is 0 Å². The summed E-state index contributed by atoms with van der Waals surface area (Å²) in [7, 11) is 1.55. The number of nitrogens with one attached hydrogen (secondary N) is 2. The second-order valence-corrected chi connectivity index (χ2v) is 9.43. The smallest absolute Gasteiger partial charge is 0.407 e. The highest BCUT2D eigenvalue weighted by atomic mass is 16.6. The van der Waals surface area contributed by atoms with E-state index in [1.165, 1.54) is 0 Å². The molecule has 180 valence electrons. The van der Waals surface area contributed by atoms with Crippen LogP contribution in [0.2, 0.25) is 0 Å². The fourth-order valence-electron chi connectivity index (χ4n) is 3.98. The van der Waals surface area contributed by atoms with Crippen molar-refractivity contribution in [3.63, 3.8) is 0 Å². The third kappa shape index (κ3) is 6.69. The van der Waals surface area contributed by atoms with Crippen LogP contribution in [-0.4, -0.2) is 46.5 Å². The largest absolute Gasteiger partial charge is 0.481 e. The molecule has 1 aliphatic carbocycles. The highest BCUT2D eigenvalue weighted by Gasteiger charge is 2.32. The van der Waals surface area contributed by atoms with E-state index in [9.17, 15) is 9.59 Å². The van der Waals surface area contributed by atoms with Crippen LogP contribution in [0.25, 0.3) is 0 Å². The van der Waals surface area contributed by atoms with E-state index >= 15 is 0 Å². The van der Waals surface area contributed by atoms with Gasteiger partial charge in [-0.05, 0) is 58.1 Å². The lowest BCUT2D eigenvalue weighted by molar-refractivity contribution is -0.115. The summed E-state index contributed by atoms with van der Waals surface area (Å²) in [6.07, 6.45) is 4.64. The van der Waals surface area contributed by atoms with Gasteiger partial charge in [-0.3, -0.25) is 4.79 Å². The van der Waals surface area contributed by atoms with Crippen molar-refractivity contribution in [1.29, 1.82) is 0 Å². The maximum atomic E-state index is 12.8. The molecule has 1 saturated carbocycles. The van der Waals surface area contributed by atoms with E-state index in [0.29, 0.717) is 18.2 Å². The molecule has 0 radical (unpaired) electrons. The Balaban J connectivity index is 1.68. The lowest BCUT2D eigenvalue weighted by atomic mass is 10.0. The monoisotopic (exact) mass is 457 g/mol. The third-order valence-corrected chi connectivity index (χ3v) is 5.60. The zero-order valence-electron chi connectivity index (χ0n) is 20.2. The molecule has 33 heavy (non-hydrogen) atoms. The highest BCUT2D eigenvalue weighted by molar-refractivity contribution is 5.91. The molecule has 0 aliphatic heterocycles. The number of anilines is 1. The predicted octanol–water partition coefficient (Wildman–Crippen LogP) is 4.00. The Labute approximate surface area is 195 Å². The SMILES string of the molecule is CCCNC(=O)O[C@@H]1CC[C@H](c2cc(NC(=O)Cc3ccnc(OC)c3)n(C(C)(C)C)n2)C1. The van der Waals surface area contributed by atoms with Crippen LogP contribution in [0.15, 0.2) is 24.4 Å². The van der Waals surface area contributed by atoms with Crippen LogP contribution in [-0.2, 0) is 21.5 Å². The Hall–Kier alpha value is -3.10. The highest BCUT2D eigenvalue weighted by Crippen LogP contribution is 2.37. The summed E-state index contributed by atoms with van der Waals surface area (Å²) in [5.41, 5.74) is 1.42. The Morgan fingerprint density at radius 2 is 2.03 bits per heavy atom. The fraction of sp³-hybridized carbons (Fsp3) is 0.583. The summed E-state index contributed by atoms with van der Waals surface area (Å²) < 4.78 is 12.5. The maximum Gasteiger partial charge on any atom is 0.407 e. The number of nitrogens with zero attached hydrogens (tertiary/aromatic N) is 3. The quantitative estimate of drug-likeness (QED) is 0.621. The van der Waals surface area contributed by atoms with Gasteiger partial charge in [0, 0.05) is 30.8 Å². The molecule has 0 bridgehead atoms. The standard InChI is InChI=1S/C24H35N5O4/c1-6-10-26-23(31)33-18-8-7-17(14-18)19-15-20(29(28-19)24(2,3)4)27-21(30)12-16-9-11-25-22(13-16)32-5/h9,11,13,15,17-18H,6-8,10,12,14H2,1-5H3,(H,26,31)(H,27,30)/t17-,18+/m0/s1. The predicted molar refractivity (Wildman–Crippen MR) is 126 cm³/mol. The van der Waals surface area contributed by atoms with Crippen molar-refractivity contribution in [1.82, 2.24) is 20.1 Å². The number of hydrogen-bond donors (Lipinski definition) is 2. The number of ether oxygens (including phenoxy) is 2. The number of amides is 2. The van der Waals surface area contributed by atoms with E-state index < -0.39 is 0 Å². The molecule has 1 aliphatic rings. The summed E-state index contributed by atoms with van der Waals surface area (Å²) in [5, 5.41) is 10.6. The van der Waals surface area contributed by atoms with Gasteiger partial charge in [0.2, 0.25) is 11.8 Å². The number of alkyl carbamates (subject to hydrolysis) is 1. The number of hydrogen-bond acceptors (Lipinski definition) is 6. The van der Waals surface area contributed by atoms with E-state index in [1.54, 1.807) is 25.4 Å². The lowest BCUT2D eigenvalue weighted by Gasteiger charge is -2.22. The molecule has 2 heterocycles. The van der Waals surface area contributed by atoms with Gasteiger partial charge in [0.1, 0.15) is 11.9 Å². The van der Waals surface area contributed by atoms with E-state index in [4.69, 9.17) is 14.6 Å². The fourth-order valence-corrected chi connectivity index (χ4v) is 3.98. The summed E-state index contributed by atoms with van der Waals surface area (Å²) in [6, 6.07) is 5.49. The number of carbonyl (C=O) groups is 2. The molecule has 0 saturated heterocycles. The first-order chi connectivity index (χ1) is 15.7. The molecule has 2 aromatic heterocycles. The summed E-state index contributed by atoms with van der Waals surface area (Å²) in [4.78, 5) is 28.7. The molecule has 1 fully saturated rings. The van der Waals surface area contributed by atoms with Crippen molar-refractivity contribution in [3.8, 4) is 5.88 Å². The number of pyridine rings is 1. The van der Waals surface area contributed by atoms with Gasteiger partial charge in [0.15, 0.2) is 0 Å². The summed E-state index contributed by atoms with van der Waals surface area (Å²) in [6.45, 7) is 8.76. The van der Waals surface area contributed by atoms with Gasteiger partial charge in [-0.15, -0.1) is 0 Å². The molecular formula is C24H35N5O4. The van der Waals surface area contributed by atoms with Gasteiger partial charge in [0.25, 0.3) is 0 Å². The molecule has 2 aromatic rings. The van der Waals surface area contributed by atoms with Crippen molar-refractivity contribution >= 4 is 17.8 Å². The third-order valence-electron chi connectivity index (χ3n) is 5.60. The Morgan fingerprint density at radius 3 is 2.73 bits per heavy atom. The van der Waals surface area contributed by atoms with E-state index in [-0.39, 0.29) is 36.0 Å². The number of carbonyl (C=O) groups excluding carboxylic acids is 2. The van der Waals surface area contributed by atoms with Gasteiger partial charge in [-0.25, -0.2) is 14.5 Å². The molecule has 9 nitrogen and oxygen atoms in total. The van der Waals surface area contributed by atoms with Crippen molar-refractivity contribution in [3.05, 3.63) is 35.7 Å². The maximum absolute atomic E-state index is 12.8. The Morgan fingerprint density at radius 1 is 1.24 bits per heavy atom. The van der Waals surface area contributed by atoms with Crippen LogP contribution >= 0.6 is 0 Å². The Kier molecular flexibility index (Phi) is 7.94. The normalized spacial score (nSPS) is 18.1. The minimum atomic E-state index is -0.358.